The lowest BCUT2D eigenvalue weighted by molar-refractivity contribution is 0.0272. The third-order valence-electron chi connectivity index (χ3n) is 1.98. The summed E-state index contributed by atoms with van der Waals surface area (Å²) in [6.07, 6.45) is 1.00. The third-order valence-corrected chi connectivity index (χ3v) is 1.98. The van der Waals surface area contributed by atoms with Crippen molar-refractivity contribution in [3.63, 3.8) is 0 Å². The maximum Gasteiger partial charge on any atom is 0.341 e. The third kappa shape index (κ3) is 4.37. The molecule has 0 saturated heterocycles. The van der Waals surface area contributed by atoms with Crippen molar-refractivity contribution in [2.45, 2.75) is 13.8 Å². The summed E-state index contributed by atoms with van der Waals surface area (Å²) >= 11 is 0. The summed E-state index contributed by atoms with van der Waals surface area (Å²) in [6.45, 7) is 4.74. The molecule has 0 atom stereocenters. The molecule has 1 rings (SSSR count). The van der Waals surface area contributed by atoms with Crippen LogP contribution in [0.5, 0.6) is 0 Å². The first kappa shape index (κ1) is 14.5. The predicted molar refractivity (Wildman–Crippen MR) is 60.1 cm³/mol. The van der Waals surface area contributed by atoms with Gasteiger partial charge < -0.3 is 9.47 Å². The van der Waals surface area contributed by atoms with Gasteiger partial charge in [0.05, 0.1) is 6.61 Å². The van der Waals surface area contributed by atoms with Crippen LogP contribution < -0.4 is 0 Å². The van der Waals surface area contributed by atoms with Crippen molar-refractivity contribution in [1.29, 1.82) is 0 Å². The van der Waals surface area contributed by atoms with Crippen LogP contribution in [0.25, 0.3) is 0 Å². The zero-order valence-corrected chi connectivity index (χ0v) is 10.3. The molecule has 0 aromatic carbocycles. The Balaban J connectivity index is 2.39. The molecular formula is C12H15F2NO3. The van der Waals surface area contributed by atoms with Crippen LogP contribution in [0, 0.1) is 17.7 Å². The molecule has 0 fully saturated rings. The average Bonchev–Trinajstić information content (AvgIpc) is 2.31. The van der Waals surface area contributed by atoms with Crippen LogP contribution in [0.3, 0.4) is 0 Å². The summed E-state index contributed by atoms with van der Waals surface area (Å²) in [7, 11) is 0. The van der Waals surface area contributed by atoms with Crippen molar-refractivity contribution in [3.05, 3.63) is 29.6 Å². The fraction of sp³-hybridized carbons (Fsp3) is 0.500. The molecule has 0 spiro atoms. The smallest absolute Gasteiger partial charge is 0.341 e. The number of hydrogen-bond donors (Lipinski definition) is 0. The summed E-state index contributed by atoms with van der Waals surface area (Å²) in [5.74, 6) is -3.17. The normalized spacial score (nSPS) is 10.7. The van der Waals surface area contributed by atoms with Crippen LogP contribution in [-0.2, 0) is 9.47 Å². The number of carbonyl (C=O) groups is 1. The largest absolute Gasteiger partial charge is 0.460 e. The molecule has 100 valence electrons. The molecule has 0 N–H and O–H groups in total. The zero-order valence-electron chi connectivity index (χ0n) is 10.3. The number of rotatable bonds is 6. The molecule has 0 aliphatic heterocycles. The molecule has 4 nitrogen and oxygen atoms in total. The molecule has 0 aliphatic carbocycles. The van der Waals surface area contributed by atoms with Crippen molar-refractivity contribution in [3.8, 4) is 0 Å². The van der Waals surface area contributed by atoms with Gasteiger partial charge >= 0.3 is 5.97 Å². The van der Waals surface area contributed by atoms with E-state index in [1.165, 1.54) is 0 Å². The lowest BCUT2D eigenvalue weighted by Gasteiger charge is -2.08. The number of nitrogens with zero attached hydrogens (tertiary/aromatic N) is 1. The molecule has 0 radical (unpaired) electrons. The van der Waals surface area contributed by atoms with Crippen molar-refractivity contribution in [2.75, 3.05) is 19.8 Å². The van der Waals surface area contributed by atoms with E-state index in [2.05, 4.69) is 4.98 Å². The number of ether oxygens (including phenoxy) is 2. The van der Waals surface area contributed by atoms with Gasteiger partial charge in [0.1, 0.15) is 12.2 Å². The average molecular weight is 259 g/mol. The number of aromatic nitrogens is 1. The predicted octanol–water partition coefficient (Wildman–Crippen LogP) is 2.19. The zero-order chi connectivity index (χ0) is 13.5. The van der Waals surface area contributed by atoms with E-state index in [1.807, 2.05) is 13.8 Å². The van der Waals surface area contributed by atoms with E-state index in [4.69, 9.17) is 9.47 Å². The molecule has 1 heterocycles. The summed E-state index contributed by atoms with van der Waals surface area (Å²) in [6, 6.07) is 1.07. The molecule has 18 heavy (non-hydrogen) atoms. The van der Waals surface area contributed by atoms with Crippen LogP contribution in [0.15, 0.2) is 12.3 Å². The van der Waals surface area contributed by atoms with Gasteiger partial charge in [-0.25, -0.2) is 14.2 Å². The minimum Gasteiger partial charge on any atom is -0.460 e. The minimum atomic E-state index is -1.32. The first-order chi connectivity index (χ1) is 8.52. The molecule has 0 aliphatic rings. The lowest BCUT2D eigenvalue weighted by Crippen LogP contribution is -2.14. The van der Waals surface area contributed by atoms with Gasteiger partial charge in [-0.2, -0.15) is 4.39 Å². The Kier molecular flexibility index (Phi) is 5.64. The minimum absolute atomic E-state index is 0.00502. The number of carbonyl (C=O) groups excluding carboxylic acids is 1. The van der Waals surface area contributed by atoms with Gasteiger partial charge in [-0.3, -0.25) is 0 Å². The molecule has 0 unspecified atom stereocenters. The van der Waals surface area contributed by atoms with Gasteiger partial charge in [-0.05, 0) is 12.0 Å². The fourth-order valence-electron chi connectivity index (χ4n) is 1.17. The molecule has 0 amide bonds. The van der Waals surface area contributed by atoms with Crippen LogP contribution in [0.4, 0.5) is 8.78 Å². The highest BCUT2D eigenvalue weighted by Gasteiger charge is 2.17. The van der Waals surface area contributed by atoms with Gasteiger partial charge in [0.15, 0.2) is 5.82 Å². The fourth-order valence-corrected chi connectivity index (χ4v) is 1.17. The van der Waals surface area contributed by atoms with Crippen molar-refractivity contribution < 1.29 is 23.0 Å². The Bertz CT molecular complexity index is 410. The molecule has 1 aromatic rings. The number of halogens is 2. The molecule has 0 bridgehead atoms. The Morgan fingerprint density at radius 1 is 1.39 bits per heavy atom. The van der Waals surface area contributed by atoms with Crippen molar-refractivity contribution >= 4 is 5.97 Å². The topological polar surface area (TPSA) is 48.4 Å². The van der Waals surface area contributed by atoms with E-state index in [9.17, 15) is 13.6 Å². The standard InChI is InChI=1S/C12H15F2NO3/c1-8(2)7-17-5-6-18-12(16)9-3-4-15-11(14)10(9)13/h3-4,8H,5-7H2,1-2H3. The van der Waals surface area contributed by atoms with E-state index in [1.54, 1.807) is 0 Å². The summed E-state index contributed by atoms with van der Waals surface area (Å²) in [4.78, 5) is 14.5. The quantitative estimate of drug-likeness (QED) is 0.446. The molecule has 1 aromatic heterocycles. The first-order valence-corrected chi connectivity index (χ1v) is 5.57. The van der Waals surface area contributed by atoms with Crippen LogP contribution in [-0.4, -0.2) is 30.8 Å². The van der Waals surface area contributed by atoms with Crippen molar-refractivity contribution in [1.82, 2.24) is 4.98 Å². The van der Waals surface area contributed by atoms with Gasteiger partial charge in [-0.1, -0.05) is 13.8 Å². The monoisotopic (exact) mass is 259 g/mol. The van der Waals surface area contributed by atoms with Gasteiger partial charge in [0, 0.05) is 12.8 Å². The molecule has 6 heteroatoms. The second kappa shape index (κ2) is 7.00. The number of esters is 1. The van der Waals surface area contributed by atoms with E-state index >= 15 is 0 Å². The SMILES string of the molecule is CC(C)COCCOC(=O)c1ccnc(F)c1F. The highest BCUT2D eigenvalue weighted by atomic mass is 19.2. The van der Waals surface area contributed by atoms with Gasteiger partial charge in [0.25, 0.3) is 0 Å². The molecule has 0 saturated carbocycles. The Morgan fingerprint density at radius 3 is 2.78 bits per heavy atom. The number of pyridine rings is 1. The Labute approximate surface area is 104 Å². The van der Waals surface area contributed by atoms with Crippen LogP contribution in [0.1, 0.15) is 24.2 Å². The summed E-state index contributed by atoms with van der Waals surface area (Å²) in [5, 5.41) is 0. The first-order valence-electron chi connectivity index (χ1n) is 5.57. The molecular weight excluding hydrogens is 244 g/mol. The van der Waals surface area contributed by atoms with Gasteiger partial charge in [0.2, 0.25) is 5.95 Å². The van der Waals surface area contributed by atoms with E-state index in [0.29, 0.717) is 12.5 Å². The summed E-state index contributed by atoms with van der Waals surface area (Å²) in [5.41, 5.74) is -0.466. The van der Waals surface area contributed by atoms with E-state index < -0.39 is 23.3 Å². The second-order valence-electron chi connectivity index (χ2n) is 4.07. The summed E-state index contributed by atoms with van der Waals surface area (Å²) < 4.78 is 35.8. The van der Waals surface area contributed by atoms with E-state index in [-0.39, 0.29) is 13.2 Å². The van der Waals surface area contributed by atoms with Crippen molar-refractivity contribution in [2.24, 2.45) is 5.92 Å². The van der Waals surface area contributed by atoms with E-state index in [0.717, 1.165) is 12.3 Å². The maximum absolute atomic E-state index is 13.2. The van der Waals surface area contributed by atoms with Gasteiger partial charge in [-0.15, -0.1) is 0 Å². The second-order valence-corrected chi connectivity index (χ2v) is 4.07. The Hall–Kier alpha value is -1.56. The van der Waals surface area contributed by atoms with Crippen LogP contribution >= 0.6 is 0 Å². The van der Waals surface area contributed by atoms with Crippen LogP contribution in [0.2, 0.25) is 0 Å². The number of hydrogen-bond acceptors (Lipinski definition) is 4. The highest BCUT2D eigenvalue weighted by Crippen LogP contribution is 2.10. The highest BCUT2D eigenvalue weighted by molar-refractivity contribution is 5.89. The Morgan fingerprint density at radius 2 is 2.11 bits per heavy atom. The maximum atomic E-state index is 13.2. The lowest BCUT2D eigenvalue weighted by atomic mass is 10.2.